The van der Waals surface area contributed by atoms with E-state index in [1.807, 2.05) is 6.07 Å². The first-order valence-electron chi connectivity index (χ1n) is 15.2. The highest BCUT2D eigenvalue weighted by molar-refractivity contribution is 6.32. The highest BCUT2D eigenvalue weighted by Crippen LogP contribution is 2.43. The van der Waals surface area contributed by atoms with Gasteiger partial charge in [-0.05, 0) is 59.8 Å². The minimum Gasteiger partial charge on any atom is -0.361 e. The molecule has 3 N–H and O–H groups in total. The van der Waals surface area contributed by atoms with Crippen LogP contribution in [0.4, 0.5) is 5.82 Å². The molecular weight excluding hydrogens is 585 g/mol. The van der Waals surface area contributed by atoms with Crippen molar-refractivity contribution in [2.24, 2.45) is 17.8 Å². The largest absolute Gasteiger partial charge is 0.361 e. The van der Waals surface area contributed by atoms with Crippen LogP contribution in [0, 0.1) is 17.8 Å². The van der Waals surface area contributed by atoms with Gasteiger partial charge in [0.15, 0.2) is 11.0 Å². The maximum Gasteiger partial charge on any atom is 0.271 e. The molecule has 1 aromatic carbocycles. The summed E-state index contributed by atoms with van der Waals surface area (Å²) in [5.41, 5.74) is 2.12. The predicted molar refractivity (Wildman–Crippen MR) is 173 cm³/mol. The zero-order valence-electron chi connectivity index (χ0n) is 25.9. The molecule has 2 aromatic heterocycles. The Bertz CT molecular complexity index is 1530. The topological polar surface area (TPSA) is 108 Å². The molecule has 232 valence electrons. The number of amides is 2. The summed E-state index contributed by atoms with van der Waals surface area (Å²) in [7, 11) is 0. The first-order valence-corrected chi connectivity index (χ1v) is 15.9. The number of imidazole rings is 1. The smallest absolute Gasteiger partial charge is 0.271 e. The number of nitrogens with one attached hydrogen (secondary N) is 3. The van der Waals surface area contributed by atoms with Gasteiger partial charge >= 0.3 is 0 Å². The van der Waals surface area contributed by atoms with Crippen LogP contribution in [0.15, 0.2) is 24.8 Å². The number of rotatable bonds is 8. The lowest BCUT2D eigenvalue weighted by Gasteiger charge is -2.40. The molecule has 3 atom stereocenters. The molecule has 0 spiro atoms. The summed E-state index contributed by atoms with van der Waals surface area (Å²) in [5, 5.41) is 16.0. The van der Waals surface area contributed by atoms with Crippen LogP contribution in [0.2, 0.25) is 10.2 Å². The predicted octanol–water partition coefficient (Wildman–Crippen LogP) is 6.74. The molecule has 3 heterocycles. The lowest BCUT2D eigenvalue weighted by atomic mass is 9.73. The molecule has 0 bridgehead atoms. The molecule has 1 saturated heterocycles. The van der Waals surface area contributed by atoms with Gasteiger partial charge in [0, 0.05) is 29.5 Å². The number of halogens is 2. The average Bonchev–Trinajstić information content (AvgIpc) is 3.46. The lowest BCUT2D eigenvalue weighted by molar-refractivity contribution is -0.130. The number of aromatic nitrogens is 4. The number of aromatic amines is 1. The summed E-state index contributed by atoms with van der Waals surface area (Å²) in [6, 6.07) is 3.92. The molecule has 11 heteroatoms. The van der Waals surface area contributed by atoms with Gasteiger partial charge in [0.2, 0.25) is 5.91 Å². The number of carbonyl (C=O) groups is 2. The van der Waals surface area contributed by atoms with Gasteiger partial charge in [0.25, 0.3) is 5.91 Å². The minimum absolute atomic E-state index is 0.0729. The number of hydrogen-bond acceptors (Lipinski definition) is 5. The van der Waals surface area contributed by atoms with Gasteiger partial charge in [-0.1, -0.05) is 77.7 Å². The fourth-order valence-corrected chi connectivity index (χ4v) is 7.35. The van der Waals surface area contributed by atoms with E-state index in [9.17, 15) is 9.59 Å². The van der Waals surface area contributed by atoms with Crippen molar-refractivity contribution in [3.8, 4) is 0 Å². The summed E-state index contributed by atoms with van der Waals surface area (Å²) in [5.74, 6) is 2.29. The van der Waals surface area contributed by atoms with Crippen LogP contribution >= 0.6 is 23.2 Å². The van der Waals surface area contributed by atoms with Gasteiger partial charge in [-0.2, -0.15) is 5.10 Å². The SMILES string of the molecule is C=CC(=O)N1CC(NC(=O)c2c(Cl)nc(CNc3n[nH]c4cc(Cl)c(C(C)(C)C)cc34)n2[C@H]2C[C@H](C)CCC2C(C)C)C1. The van der Waals surface area contributed by atoms with Crippen molar-refractivity contribution < 1.29 is 9.59 Å². The Morgan fingerprint density at radius 2 is 1.93 bits per heavy atom. The van der Waals surface area contributed by atoms with Gasteiger partial charge in [-0.25, -0.2) is 4.98 Å². The second-order valence-corrected chi connectivity index (χ2v) is 14.4. The van der Waals surface area contributed by atoms with E-state index in [-0.39, 0.29) is 34.5 Å². The Morgan fingerprint density at radius 1 is 1.21 bits per heavy atom. The molecule has 2 aliphatic rings. The highest BCUT2D eigenvalue weighted by atomic mass is 35.5. The van der Waals surface area contributed by atoms with Crippen molar-refractivity contribution in [1.82, 2.24) is 30.0 Å². The Labute approximate surface area is 263 Å². The normalized spacial score (nSPS) is 21.2. The molecule has 1 saturated carbocycles. The first-order chi connectivity index (χ1) is 20.3. The third-order valence-electron chi connectivity index (χ3n) is 9.05. The summed E-state index contributed by atoms with van der Waals surface area (Å²) < 4.78 is 2.09. The Balaban J connectivity index is 1.48. The van der Waals surface area contributed by atoms with Gasteiger partial charge in [-0.3, -0.25) is 14.7 Å². The molecule has 2 fully saturated rings. The van der Waals surface area contributed by atoms with E-state index in [2.05, 4.69) is 79.6 Å². The monoisotopic (exact) mass is 627 g/mol. The molecule has 1 aliphatic carbocycles. The number of fused-ring (bicyclic) bond motifs is 1. The highest BCUT2D eigenvalue weighted by Gasteiger charge is 2.38. The molecule has 43 heavy (non-hydrogen) atoms. The standard InChI is InChI=1S/C32H43Cl2N7O2/c1-8-27(42)40-15-19(16-40)36-31(43)28-29(34)37-26(41(28)25-11-18(4)9-10-20(25)17(2)3)14-35-30-21-12-22(32(5,6)7)23(33)13-24(21)38-39-30/h8,12-13,17-20,25H,1,9-11,14-16H2,2-7H3,(H,36,43)(H2,35,38,39)/t18-,20?,25+/m1/s1. The van der Waals surface area contributed by atoms with Gasteiger partial charge in [0.1, 0.15) is 11.5 Å². The van der Waals surface area contributed by atoms with E-state index in [1.165, 1.54) is 6.08 Å². The van der Waals surface area contributed by atoms with Crippen molar-refractivity contribution in [2.75, 3.05) is 18.4 Å². The molecule has 1 unspecified atom stereocenters. The summed E-state index contributed by atoms with van der Waals surface area (Å²) in [6.45, 7) is 17.9. The van der Waals surface area contributed by atoms with Gasteiger partial charge in [0.05, 0.1) is 18.1 Å². The maximum atomic E-state index is 13.8. The molecule has 3 aromatic rings. The van der Waals surface area contributed by atoms with Gasteiger partial charge in [-0.15, -0.1) is 0 Å². The third-order valence-corrected chi connectivity index (χ3v) is 9.63. The van der Waals surface area contributed by atoms with E-state index >= 15 is 0 Å². The van der Waals surface area contributed by atoms with Crippen molar-refractivity contribution in [1.29, 1.82) is 0 Å². The molecular formula is C32H43Cl2N7O2. The van der Waals surface area contributed by atoms with E-state index in [0.29, 0.717) is 59.7 Å². The van der Waals surface area contributed by atoms with Crippen molar-refractivity contribution in [3.05, 3.63) is 52.0 Å². The quantitative estimate of drug-likeness (QED) is 0.240. The second-order valence-electron chi connectivity index (χ2n) is 13.6. The van der Waals surface area contributed by atoms with Crippen LogP contribution in [0.5, 0.6) is 0 Å². The van der Waals surface area contributed by atoms with Crippen LogP contribution < -0.4 is 10.6 Å². The van der Waals surface area contributed by atoms with Crippen LogP contribution in [0.25, 0.3) is 10.9 Å². The van der Waals surface area contributed by atoms with E-state index < -0.39 is 0 Å². The summed E-state index contributed by atoms with van der Waals surface area (Å²) in [4.78, 5) is 32.1. The number of carbonyl (C=O) groups excluding carboxylic acids is 2. The maximum absolute atomic E-state index is 13.8. The third kappa shape index (κ3) is 6.29. The van der Waals surface area contributed by atoms with Crippen LogP contribution in [0.1, 0.15) is 88.7 Å². The zero-order valence-corrected chi connectivity index (χ0v) is 27.4. The second kappa shape index (κ2) is 12.2. The fraction of sp³-hybridized carbons (Fsp3) is 0.562. The van der Waals surface area contributed by atoms with E-state index in [4.69, 9.17) is 28.2 Å². The molecule has 5 rings (SSSR count). The first kappa shape index (κ1) is 31.4. The van der Waals surface area contributed by atoms with Crippen LogP contribution in [0.3, 0.4) is 0 Å². The molecule has 2 amide bonds. The van der Waals surface area contributed by atoms with Crippen molar-refractivity contribution in [3.63, 3.8) is 0 Å². The Kier molecular flexibility index (Phi) is 8.87. The number of benzene rings is 1. The Hall–Kier alpha value is -3.04. The summed E-state index contributed by atoms with van der Waals surface area (Å²) >= 11 is 13.4. The molecule has 9 nitrogen and oxygen atoms in total. The minimum atomic E-state index is -0.269. The average molecular weight is 629 g/mol. The Morgan fingerprint density at radius 3 is 2.58 bits per heavy atom. The number of nitrogens with zero attached hydrogens (tertiary/aromatic N) is 4. The van der Waals surface area contributed by atoms with E-state index in [1.54, 1.807) is 4.90 Å². The van der Waals surface area contributed by atoms with Crippen LogP contribution in [-0.2, 0) is 16.8 Å². The van der Waals surface area contributed by atoms with E-state index in [0.717, 1.165) is 35.7 Å². The summed E-state index contributed by atoms with van der Waals surface area (Å²) in [6.07, 6.45) is 4.46. The van der Waals surface area contributed by atoms with Crippen molar-refractivity contribution >= 4 is 51.7 Å². The molecule has 1 aliphatic heterocycles. The number of anilines is 1. The fourth-order valence-electron chi connectivity index (χ4n) is 6.63. The number of hydrogen-bond donors (Lipinski definition) is 3. The lowest BCUT2D eigenvalue weighted by Crippen LogP contribution is -2.60. The number of likely N-dealkylation sites (tertiary alicyclic amines) is 1. The van der Waals surface area contributed by atoms with Crippen molar-refractivity contribution in [2.45, 2.75) is 84.8 Å². The number of H-pyrrole nitrogens is 1. The zero-order chi connectivity index (χ0) is 31.2. The van der Waals surface area contributed by atoms with Gasteiger partial charge < -0.3 is 20.1 Å². The molecule has 0 radical (unpaired) electrons. The van der Waals surface area contributed by atoms with Crippen LogP contribution in [-0.4, -0.2) is 55.6 Å².